The molecule has 0 aliphatic carbocycles. The number of aliphatic carboxylic acids is 1. The second-order valence-corrected chi connectivity index (χ2v) is 5.33. The normalized spacial score (nSPS) is 11.9. The largest absolute Gasteiger partial charge is 0.480 e. The highest BCUT2D eigenvalue weighted by Gasteiger charge is 2.20. The molecule has 0 bridgehead atoms. The first kappa shape index (κ1) is 14.2. The van der Waals surface area contributed by atoms with Gasteiger partial charge >= 0.3 is 5.97 Å². The molecule has 1 unspecified atom stereocenters. The summed E-state index contributed by atoms with van der Waals surface area (Å²) in [6.07, 6.45) is 0. The van der Waals surface area contributed by atoms with Crippen LogP contribution in [0.4, 0.5) is 0 Å². The van der Waals surface area contributed by atoms with Crippen molar-refractivity contribution < 1.29 is 14.7 Å². The van der Waals surface area contributed by atoms with Crippen LogP contribution in [-0.2, 0) is 4.79 Å². The van der Waals surface area contributed by atoms with E-state index in [4.69, 9.17) is 5.11 Å². The van der Waals surface area contributed by atoms with E-state index >= 15 is 0 Å². The molecule has 6 heteroatoms. The molecule has 5 nitrogen and oxygen atoms in total. The Kier molecular flexibility index (Phi) is 4.14. The third-order valence-corrected chi connectivity index (χ3v) is 3.95. The molecule has 2 aromatic rings. The fourth-order valence-electron chi connectivity index (χ4n) is 1.64. The number of aromatic nitrogens is 1. The Labute approximate surface area is 120 Å². The molecule has 1 aromatic carbocycles. The summed E-state index contributed by atoms with van der Waals surface area (Å²) < 4.78 is 0. The van der Waals surface area contributed by atoms with Gasteiger partial charge in [0.15, 0.2) is 0 Å². The Morgan fingerprint density at radius 1 is 1.30 bits per heavy atom. The highest BCUT2D eigenvalue weighted by atomic mass is 32.1. The van der Waals surface area contributed by atoms with Crippen LogP contribution in [0.1, 0.15) is 22.3 Å². The van der Waals surface area contributed by atoms with Crippen molar-refractivity contribution in [3.05, 3.63) is 40.9 Å². The maximum absolute atomic E-state index is 12.0. The second kappa shape index (κ2) is 5.83. The Morgan fingerprint density at radius 2 is 1.95 bits per heavy atom. The lowest BCUT2D eigenvalue weighted by atomic mass is 10.2. The van der Waals surface area contributed by atoms with E-state index in [-0.39, 0.29) is 0 Å². The SMILES string of the molecule is Cc1nc(-c2ccccc2)sc1C(=O)NC(C)C(=O)O. The highest BCUT2D eigenvalue weighted by molar-refractivity contribution is 7.17. The van der Waals surface area contributed by atoms with Crippen molar-refractivity contribution in [1.82, 2.24) is 10.3 Å². The van der Waals surface area contributed by atoms with Crippen molar-refractivity contribution >= 4 is 23.2 Å². The van der Waals surface area contributed by atoms with Crippen molar-refractivity contribution in [3.63, 3.8) is 0 Å². The van der Waals surface area contributed by atoms with Crippen molar-refractivity contribution in [2.24, 2.45) is 0 Å². The minimum atomic E-state index is -1.07. The van der Waals surface area contributed by atoms with Gasteiger partial charge in [0.2, 0.25) is 0 Å². The van der Waals surface area contributed by atoms with Gasteiger partial charge in [0, 0.05) is 5.56 Å². The lowest BCUT2D eigenvalue weighted by Gasteiger charge is -2.07. The molecule has 1 heterocycles. The number of amides is 1. The van der Waals surface area contributed by atoms with E-state index < -0.39 is 17.9 Å². The Balaban J connectivity index is 2.24. The number of carbonyl (C=O) groups excluding carboxylic acids is 1. The van der Waals surface area contributed by atoms with Gasteiger partial charge in [-0.15, -0.1) is 11.3 Å². The number of rotatable bonds is 4. The van der Waals surface area contributed by atoms with Crippen molar-refractivity contribution in [2.45, 2.75) is 19.9 Å². The van der Waals surface area contributed by atoms with Gasteiger partial charge in [-0.25, -0.2) is 4.98 Å². The molecule has 0 saturated heterocycles. The van der Waals surface area contributed by atoms with Crippen LogP contribution in [0.2, 0.25) is 0 Å². The third-order valence-electron chi connectivity index (χ3n) is 2.74. The monoisotopic (exact) mass is 290 g/mol. The highest BCUT2D eigenvalue weighted by Crippen LogP contribution is 2.27. The standard InChI is InChI=1S/C14H14N2O3S/c1-8-11(12(17)15-9(2)14(18)19)20-13(16-8)10-6-4-3-5-7-10/h3-7,9H,1-2H3,(H,15,17)(H,18,19). The zero-order valence-corrected chi connectivity index (χ0v) is 11.9. The molecule has 0 fully saturated rings. The maximum atomic E-state index is 12.0. The first-order valence-corrected chi connectivity index (χ1v) is 6.87. The summed E-state index contributed by atoms with van der Waals surface area (Å²) in [7, 11) is 0. The lowest BCUT2D eigenvalue weighted by molar-refractivity contribution is -0.138. The van der Waals surface area contributed by atoms with Crippen LogP contribution >= 0.6 is 11.3 Å². The maximum Gasteiger partial charge on any atom is 0.325 e. The Bertz CT molecular complexity index is 637. The lowest BCUT2D eigenvalue weighted by Crippen LogP contribution is -2.38. The van der Waals surface area contributed by atoms with E-state index in [1.54, 1.807) is 6.92 Å². The fourth-order valence-corrected chi connectivity index (χ4v) is 2.61. The molecule has 20 heavy (non-hydrogen) atoms. The van der Waals surface area contributed by atoms with Gasteiger partial charge in [-0.2, -0.15) is 0 Å². The van der Waals surface area contributed by atoms with Gasteiger partial charge in [0.05, 0.1) is 5.69 Å². The van der Waals surface area contributed by atoms with Gasteiger partial charge in [-0.1, -0.05) is 30.3 Å². The smallest absolute Gasteiger partial charge is 0.325 e. The molecule has 2 N–H and O–H groups in total. The molecule has 1 aromatic heterocycles. The minimum Gasteiger partial charge on any atom is -0.480 e. The predicted molar refractivity (Wildman–Crippen MR) is 76.9 cm³/mol. The molecule has 0 spiro atoms. The molecule has 104 valence electrons. The van der Waals surface area contributed by atoms with Crippen molar-refractivity contribution in [2.75, 3.05) is 0 Å². The van der Waals surface area contributed by atoms with Crippen LogP contribution in [0.5, 0.6) is 0 Å². The topological polar surface area (TPSA) is 79.3 Å². The van der Waals surface area contributed by atoms with Crippen LogP contribution in [0.15, 0.2) is 30.3 Å². The van der Waals surface area contributed by atoms with Crippen LogP contribution in [-0.4, -0.2) is 28.0 Å². The molecular formula is C14H14N2O3S. The third kappa shape index (κ3) is 3.03. The summed E-state index contributed by atoms with van der Waals surface area (Å²) in [4.78, 5) is 27.6. The van der Waals surface area contributed by atoms with Crippen molar-refractivity contribution in [1.29, 1.82) is 0 Å². The van der Waals surface area contributed by atoms with E-state index in [0.717, 1.165) is 10.6 Å². The zero-order valence-electron chi connectivity index (χ0n) is 11.1. The number of thiazole rings is 1. The summed E-state index contributed by atoms with van der Waals surface area (Å²) in [5.74, 6) is -1.47. The van der Waals surface area contributed by atoms with E-state index in [2.05, 4.69) is 10.3 Å². The van der Waals surface area contributed by atoms with Crippen LogP contribution < -0.4 is 5.32 Å². The summed E-state index contributed by atoms with van der Waals surface area (Å²) in [6, 6.07) is 8.62. The minimum absolute atomic E-state index is 0.405. The molecule has 0 aliphatic heterocycles. The molecule has 2 rings (SSSR count). The summed E-state index contributed by atoms with van der Waals surface area (Å²) in [6.45, 7) is 3.16. The van der Waals surface area contributed by atoms with Gasteiger partial charge < -0.3 is 10.4 Å². The second-order valence-electron chi connectivity index (χ2n) is 4.33. The van der Waals surface area contributed by atoms with Gasteiger partial charge in [-0.3, -0.25) is 9.59 Å². The number of hydrogen-bond donors (Lipinski definition) is 2. The molecular weight excluding hydrogens is 276 g/mol. The number of aryl methyl sites for hydroxylation is 1. The van der Waals surface area contributed by atoms with Gasteiger partial charge in [0.25, 0.3) is 5.91 Å². The fraction of sp³-hybridized carbons (Fsp3) is 0.214. The average molecular weight is 290 g/mol. The molecule has 0 radical (unpaired) electrons. The van der Waals surface area contributed by atoms with E-state index in [9.17, 15) is 9.59 Å². The summed E-state index contributed by atoms with van der Waals surface area (Å²) >= 11 is 1.26. The predicted octanol–water partition coefficient (Wildman–Crippen LogP) is 2.32. The van der Waals surface area contributed by atoms with E-state index in [1.165, 1.54) is 18.3 Å². The number of benzene rings is 1. The number of carbonyl (C=O) groups is 2. The number of hydrogen-bond acceptors (Lipinski definition) is 4. The molecule has 0 saturated carbocycles. The van der Waals surface area contributed by atoms with E-state index in [1.807, 2.05) is 30.3 Å². The van der Waals surface area contributed by atoms with Crippen molar-refractivity contribution in [3.8, 4) is 10.6 Å². The quantitative estimate of drug-likeness (QED) is 0.905. The first-order chi connectivity index (χ1) is 9.49. The first-order valence-electron chi connectivity index (χ1n) is 6.05. The average Bonchev–Trinajstić information content (AvgIpc) is 2.81. The van der Waals surface area contributed by atoms with Crippen LogP contribution in [0.3, 0.4) is 0 Å². The summed E-state index contributed by atoms with van der Waals surface area (Å²) in [5.41, 5.74) is 1.54. The van der Waals surface area contributed by atoms with Gasteiger partial charge in [-0.05, 0) is 13.8 Å². The number of carboxylic acids is 1. The number of nitrogens with one attached hydrogen (secondary N) is 1. The summed E-state index contributed by atoms with van der Waals surface area (Å²) in [5, 5.41) is 12.0. The number of carboxylic acid groups (broad SMARTS) is 1. The Hall–Kier alpha value is -2.21. The Morgan fingerprint density at radius 3 is 2.55 bits per heavy atom. The van der Waals surface area contributed by atoms with Crippen LogP contribution in [0, 0.1) is 6.92 Å². The molecule has 1 atom stereocenters. The van der Waals surface area contributed by atoms with Crippen LogP contribution in [0.25, 0.3) is 10.6 Å². The van der Waals surface area contributed by atoms with E-state index in [0.29, 0.717) is 10.6 Å². The van der Waals surface area contributed by atoms with Gasteiger partial charge in [0.1, 0.15) is 15.9 Å². The molecule has 0 aliphatic rings. The number of nitrogens with zero attached hydrogens (tertiary/aromatic N) is 1. The molecule has 1 amide bonds. The zero-order chi connectivity index (χ0) is 14.7.